The zero-order valence-corrected chi connectivity index (χ0v) is 18.1. The lowest BCUT2D eigenvalue weighted by Crippen LogP contribution is -2.20. The molecule has 6 nitrogen and oxygen atoms in total. The molecule has 0 fully saturated rings. The highest BCUT2D eigenvalue weighted by Gasteiger charge is 2.18. The van der Waals surface area contributed by atoms with Crippen LogP contribution in [0.15, 0.2) is 30.3 Å². The van der Waals surface area contributed by atoms with Crippen LogP contribution in [0, 0.1) is 26.6 Å². The minimum absolute atomic E-state index is 0.268. The van der Waals surface area contributed by atoms with Gasteiger partial charge in [0.05, 0.1) is 36.3 Å². The van der Waals surface area contributed by atoms with Crippen LogP contribution in [0.5, 0.6) is 0 Å². The van der Waals surface area contributed by atoms with Crippen molar-refractivity contribution in [1.82, 2.24) is 9.78 Å². The van der Waals surface area contributed by atoms with Gasteiger partial charge < -0.3 is 15.4 Å². The smallest absolute Gasteiger partial charge is 0.340 e. The van der Waals surface area contributed by atoms with Crippen molar-refractivity contribution in [2.45, 2.75) is 27.3 Å². The molecule has 29 heavy (non-hydrogen) atoms. The third-order valence-electron chi connectivity index (χ3n) is 4.39. The number of ether oxygens (including phenoxy) is 1. The van der Waals surface area contributed by atoms with Crippen LogP contribution in [0.2, 0.25) is 0 Å². The highest BCUT2D eigenvalue weighted by Crippen LogP contribution is 2.29. The number of thiocarbonyl (C=S) groups is 1. The number of rotatable bonds is 5. The maximum absolute atomic E-state index is 14.0. The number of aromatic nitrogens is 2. The van der Waals surface area contributed by atoms with E-state index in [0.29, 0.717) is 27.8 Å². The van der Waals surface area contributed by atoms with Gasteiger partial charge in [-0.25, -0.2) is 9.18 Å². The number of thiophene rings is 1. The summed E-state index contributed by atoms with van der Waals surface area (Å²) in [4.78, 5) is 12.9. The van der Waals surface area contributed by atoms with Crippen molar-refractivity contribution in [2.75, 3.05) is 17.7 Å². The van der Waals surface area contributed by atoms with Crippen LogP contribution in [0.1, 0.15) is 32.2 Å². The summed E-state index contributed by atoms with van der Waals surface area (Å²) < 4.78 is 20.5. The van der Waals surface area contributed by atoms with E-state index in [4.69, 9.17) is 17.0 Å². The van der Waals surface area contributed by atoms with Gasteiger partial charge in [-0.1, -0.05) is 18.2 Å². The van der Waals surface area contributed by atoms with E-state index in [1.54, 1.807) is 28.9 Å². The Labute approximate surface area is 177 Å². The van der Waals surface area contributed by atoms with Crippen molar-refractivity contribution in [2.24, 2.45) is 0 Å². The van der Waals surface area contributed by atoms with Gasteiger partial charge in [-0.15, -0.1) is 11.3 Å². The van der Waals surface area contributed by atoms with Gasteiger partial charge in [-0.3, -0.25) is 4.68 Å². The number of anilines is 2. The van der Waals surface area contributed by atoms with Crippen LogP contribution in [-0.2, 0) is 11.3 Å². The molecule has 0 radical (unpaired) electrons. The molecule has 2 aromatic heterocycles. The highest BCUT2D eigenvalue weighted by atomic mass is 32.1. The van der Waals surface area contributed by atoms with E-state index in [1.807, 2.05) is 20.8 Å². The predicted octanol–water partition coefficient (Wildman–Crippen LogP) is 4.65. The second kappa shape index (κ2) is 8.71. The van der Waals surface area contributed by atoms with E-state index in [2.05, 4.69) is 15.7 Å². The second-order valence-corrected chi connectivity index (χ2v) is 8.13. The molecular formula is C20H21FN4O2S2. The summed E-state index contributed by atoms with van der Waals surface area (Å²) in [6.45, 7) is 5.96. The largest absolute Gasteiger partial charge is 0.465 e. The average molecular weight is 433 g/mol. The van der Waals surface area contributed by atoms with Crippen LogP contribution < -0.4 is 10.6 Å². The number of nitrogens with zero attached hydrogens (tertiary/aromatic N) is 2. The molecule has 0 aliphatic carbocycles. The molecule has 0 bridgehead atoms. The van der Waals surface area contributed by atoms with E-state index in [0.717, 1.165) is 22.0 Å². The van der Waals surface area contributed by atoms with Gasteiger partial charge in [0, 0.05) is 10.4 Å². The van der Waals surface area contributed by atoms with Gasteiger partial charge >= 0.3 is 5.97 Å². The average Bonchev–Trinajstić information content (AvgIpc) is 3.17. The lowest BCUT2D eigenvalue weighted by atomic mass is 10.2. The van der Waals surface area contributed by atoms with Gasteiger partial charge in [0.25, 0.3) is 0 Å². The third-order valence-corrected chi connectivity index (χ3v) is 5.56. The Morgan fingerprint density at radius 2 is 2.00 bits per heavy atom. The minimum Gasteiger partial charge on any atom is -0.465 e. The van der Waals surface area contributed by atoms with Crippen molar-refractivity contribution in [3.05, 3.63) is 63.5 Å². The van der Waals surface area contributed by atoms with Gasteiger partial charge in [-0.2, -0.15) is 5.10 Å². The van der Waals surface area contributed by atoms with Crippen molar-refractivity contribution in [1.29, 1.82) is 0 Å². The number of nitrogens with one attached hydrogen (secondary N) is 2. The lowest BCUT2D eigenvalue weighted by molar-refractivity contribution is 0.0602. The maximum atomic E-state index is 14.0. The molecule has 3 aromatic rings. The number of aryl methyl sites for hydroxylation is 2. The van der Waals surface area contributed by atoms with Gasteiger partial charge in [0.1, 0.15) is 10.8 Å². The first-order valence-corrected chi connectivity index (χ1v) is 10.1. The number of esters is 1. The number of methoxy groups -OCH3 is 1. The van der Waals surface area contributed by atoms with E-state index in [1.165, 1.54) is 24.5 Å². The highest BCUT2D eigenvalue weighted by molar-refractivity contribution is 7.80. The minimum atomic E-state index is -0.426. The fourth-order valence-corrected chi connectivity index (χ4v) is 4.11. The standard InChI is InChI=1S/C20H21FN4O2S2/c1-11-9-15(19(26)27-4)18(29-11)23-20(28)22-17-12(2)24-25(13(17)3)10-14-7-5-6-8-16(14)21/h5-9H,10H2,1-4H3,(H2,22,23,28). The summed E-state index contributed by atoms with van der Waals surface area (Å²) in [7, 11) is 1.34. The van der Waals surface area contributed by atoms with Crippen molar-refractivity contribution in [3.8, 4) is 0 Å². The summed E-state index contributed by atoms with van der Waals surface area (Å²) in [5.74, 6) is -0.695. The Bertz CT molecular complexity index is 1070. The van der Waals surface area contributed by atoms with Crippen LogP contribution in [0.25, 0.3) is 0 Å². The Balaban J connectivity index is 1.77. The molecule has 0 amide bonds. The van der Waals surface area contributed by atoms with E-state index in [-0.39, 0.29) is 5.82 Å². The molecule has 0 aliphatic rings. The summed E-state index contributed by atoms with van der Waals surface area (Å²) in [6, 6.07) is 8.38. The molecule has 3 rings (SSSR count). The second-order valence-electron chi connectivity index (χ2n) is 6.47. The lowest BCUT2D eigenvalue weighted by Gasteiger charge is -2.11. The maximum Gasteiger partial charge on any atom is 0.340 e. The zero-order valence-electron chi connectivity index (χ0n) is 16.5. The SMILES string of the molecule is COC(=O)c1cc(C)sc1NC(=S)Nc1c(C)nn(Cc2ccccc2F)c1C. The number of hydrogen-bond acceptors (Lipinski definition) is 5. The Kier molecular flexibility index (Phi) is 6.29. The monoisotopic (exact) mass is 432 g/mol. The molecule has 0 atom stereocenters. The van der Waals surface area contributed by atoms with Crippen LogP contribution >= 0.6 is 23.6 Å². The van der Waals surface area contributed by atoms with Crippen LogP contribution in [0.4, 0.5) is 15.1 Å². The summed E-state index contributed by atoms with van der Waals surface area (Å²) in [6.07, 6.45) is 0. The molecule has 0 aliphatic heterocycles. The number of carbonyl (C=O) groups excluding carboxylic acids is 1. The van der Waals surface area contributed by atoms with E-state index in [9.17, 15) is 9.18 Å². The molecule has 2 heterocycles. The molecule has 0 spiro atoms. The normalized spacial score (nSPS) is 10.7. The molecule has 9 heteroatoms. The Hall–Kier alpha value is -2.78. The summed E-state index contributed by atoms with van der Waals surface area (Å²) in [5.41, 5.74) is 3.29. The number of carbonyl (C=O) groups is 1. The first-order valence-electron chi connectivity index (χ1n) is 8.84. The molecular weight excluding hydrogens is 411 g/mol. The van der Waals surface area contributed by atoms with Gasteiger partial charge in [0.2, 0.25) is 0 Å². The van der Waals surface area contributed by atoms with Crippen molar-refractivity contribution < 1.29 is 13.9 Å². The van der Waals surface area contributed by atoms with Crippen molar-refractivity contribution >= 4 is 45.3 Å². The molecule has 0 saturated heterocycles. The fourth-order valence-electron chi connectivity index (χ4n) is 2.94. The van der Waals surface area contributed by atoms with E-state index >= 15 is 0 Å². The topological polar surface area (TPSA) is 68.2 Å². The molecule has 1 aromatic carbocycles. The van der Waals surface area contributed by atoms with Crippen LogP contribution in [0.3, 0.4) is 0 Å². The van der Waals surface area contributed by atoms with Crippen molar-refractivity contribution in [3.63, 3.8) is 0 Å². The first kappa shape index (κ1) is 20.9. The number of halogens is 1. The molecule has 152 valence electrons. The number of benzene rings is 1. The quantitative estimate of drug-likeness (QED) is 0.452. The molecule has 0 unspecified atom stereocenters. The third kappa shape index (κ3) is 4.63. The zero-order chi connectivity index (χ0) is 21.1. The summed E-state index contributed by atoms with van der Waals surface area (Å²) >= 11 is 6.84. The van der Waals surface area contributed by atoms with E-state index < -0.39 is 5.97 Å². The number of hydrogen-bond donors (Lipinski definition) is 2. The Morgan fingerprint density at radius 3 is 2.69 bits per heavy atom. The molecule has 0 saturated carbocycles. The predicted molar refractivity (Wildman–Crippen MR) is 117 cm³/mol. The first-order chi connectivity index (χ1) is 13.8. The fraction of sp³-hybridized carbons (Fsp3) is 0.250. The molecule has 2 N–H and O–H groups in total. The van der Waals surface area contributed by atoms with Crippen LogP contribution in [-0.4, -0.2) is 28.0 Å². The summed E-state index contributed by atoms with van der Waals surface area (Å²) in [5, 5.41) is 11.6. The Morgan fingerprint density at radius 1 is 1.28 bits per heavy atom. The van der Waals surface area contributed by atoms with Gasteiger partial charge in [0.15, 0.2) is 5.11 Å². The van der Waals surface area contributed by atoms with Gasteiger partial charge in [-0.05, 0) is 45.1 Å².